The Morgan fingerprint density at radius 2 is 1.77 bits per heavy atom. The minimum atomic E-state index is -0.451. The van der Waals surface area contributed by atoms with Gasteiger partial charge in [0.2, 0.25) is 11.8 Å². The van der Waals surface area contributed by atoms with Gasteiger partial charge in [-0.05, 0) is 31.9 Å². The number of fused-ring (bicyclic) bond motifs is 1. The van der Waals surface area contributed by atoms with Crippen molar-refractivity contribution in [3.8, 4) is 5.88 Å². The Morgan fingerprint density at radius 1 is 1.10 bits per heavy atom. The SMILES string of the molecule is Cc1nc(OCCNC(=O)CN2C(=O)c3ccccc3C2=O)cc(N2CCCC2)n1. The monoisotopic (exact) mass is 409 g/mol. The van der Waals surface area contributed by atoms with E-state index in [4.69, 9.17) is 4.74 Å². The fourth-order valence-corrected chi connectivity index (χ4v) is 3.64. The summed E-state index contributed by atoms with van der Waals surface area (Å²) in [7, 11) is 0. The second-order valence-electron chi connectivity index (χ2n) is 7.25. The van der Waals surface area contributed by atoms with Gasteiger partial charge in [-0.15, -0.1) is 0 Å². The van der Waals surface area contributed by atoms with Crippen molar-refractivity contribution in [2.45, 2.75) is 19.8 Å². The molecule has 9 heteroatoms. The normalized spacial score (nSPS) is 15.5. The molecule has 3 amide bonds. The molecule has 1 aromatic heterocycles. The number of rotatable bonds is 7. The maximum absolute atomic E-state index is 12.3. The maximum Gasteiger partial charge on any atom is 0.262 e. The smallest absolute Gasteiger partial charge is 0.262 e. The molecule has 30 heavy (non-hydrogen) atoms. The molecule has 0 radical (unpaired) electrons. The second-order valence-corrected chi connectivity index (χ2v) is 7.25. The van der Waals surface area contributed by atoms with Gasteiger partial charge in [0.05, 0.1) is 17.7 Å². The number of imide groups is 1. The van der Waals surface area contributed by atoms with Gasteiger partial charge in [0, 0.05) is 19.2 Å². The van der Waals surface area contributed by atoms with Crippen molar-refractivity contribution in [3.05, 3.63) is 47.3 Å². The third-order valence-electron chi connectivity index (χ3n) is 5.09. The van der Waals surface area contributed by atoms with Gasteiger partial charge in [-0.3, -0.25) is 19.3 Å². The van der Waals surface area contributed by atoms with E-state index in [1.807, 2.05) is 6.92 Å². The van der Waals surface area contributed by atoms with E-state index in [9.17, 15) is 14.4 Å². The summed E-state index contributed by atoms with van der Waals surface area (Å²) in [6.45, 7) is 3.88. The second kappa shape index (κ2) is 8.48. The van der Waals surface area contributed by atoms with Gasteiger partial charge in [-0.2, -0.15) is 4.98 Å². The van der Waals surface area contributed by atoms with E-state index in [-0.39, 0.29) is 19.7 Å². The zero-order chi connectivity index (χ0) is 21.1. The molecule has 1 fully saturated rings. The molecule has 0 aliphatic carbocycles. The van der Waals surface area contributed by atoms with Crippen LogP contribution in [0.3, 0.4) is 0 Å². The number of hydrogen-bond donors (Lipinski definition) is 1. The number of benzene rings is 1. The molecule has 2 aliphatic rings. The van der Waals surface area contributed by atoms with E-state index in [1.54, 1.807) is 30.3 Å². The Labute approximate surface area is 174 Å². The van der Waals surface area contributed by atoms with Gasteiger partial charge in [0.25, 0.3) is 11.8 Å². The number of hydrogen-bond acceptors (Lipinski definition) is 7. The van der Waals surface area contributed by atoms with Crippen LogP contribution in [0.1, 0.15) is 39.4 Å². The number of anilines is 1. The average molecular weight is 409 g/mol. The molecule has 1 N–H and O–H groups in total. The molecule has 4 rings (SSSR count). The molecular formula is C21H23N5O4. The number of carbonyl (C=O) groups is 3. The minimum Gasteiger partial charge on any atom is -0.476 e. The van der Waals surface area contributed by atoms with Crippen LogP contribution in [-0.2, 0) is 4.79 Å². The standard InChI is InChI=1S/C21H23N5O4/c1-14-23-17(25-9-4-5-10-25)12-19(24-14)30-11-8-22-18(27)13-26-20(28)15-6-2-3-7-16(15)21(26)29/h2-3,6-7,12H,4-5,8-11,13H2,1H3,(H,22,27). The predicted molar refractivity (Wildman–Crippen MR) is 109 cm³/mol. The van der Waals surface area contributed by atoms with Crippen molar-refractivity contribution in [1.29, 1.82) is 0 Å². The molecule has 0 bridgehead atoms. The highest BCUT2D eigenvalue weighted by atomic mass is 16.5. The van der Waals surface area contributed by atoms with Gasteiger partial charge in [-0.25, -0.2) is 4.98 Å². The summed E-state index contributed by atoms with van der Waals surface area (Å²) in [5.41, 5.74) is 0.651. The first-order valence-corrected chi connectivity index (χ1v) is 9.98. The number of amides is 3. The fourth-order valence-electron chi connectivity index (χ4n) is 3.64. The lowest BCUT2D eigenvalue weighted by Gasteiger charge is -2.17. The first-order chi connectivity index (χ1) is 14.5. The number of aryl methyl sites for hydroxylation is 1. The minimum absolute atomic E-state index is 0.212. The van der Waals surface area contributed by atoms with E-state index in [0.29, 0.717) is 22.8 Å². The summed E-state index contributed by atoms with van der Waals surface area (Å²) in [6, 6.07) is 8.35. The Morgan fingerprint density at radius 3 is 2.43 bits per heavy atom. The van der Waals surface area contributed by atoms with Crippen LogP contribution in [0.2, 0.25) is 0 Å². The highest BCUT2D eigenvalue weighted by Gasteiger charge is 2.36. The van der Waals surface area contributed by atoms with Gasteiger partial charge in [-0.1, -0.05) is 12.1 Å². The largest absolute Gasteiger partial charge is 0.476 e. The first kappa shape index (κ1) is 19.8. The number of carbonyl (C=O) groups excluding carboxylic acids is 3. The highest BCUT2D eigenvalue weighted by Crippen LogP contribution is 2.22. The molecule has 0 unspecified atom stereocenters. The van der Waals surface area contributed by atoms with Crippen molar-refractivity contribution in [2.75, 3.05) is 37.7 Å². The van der Waals surface area contributed by atoms with Crippen molar-refractivity contribution < 1.29 is 19.1 Å². The van der Waals surface area contributed by atoms with Crippen LogP contribution in [0.4, 0.5) is 5.82 Å². The molecule has 1 saturated heterocycles. The third kappa shape index (κ3) is 4.10. The fraction of sp³-hybridized carbons (Fsp3) is 0.381. The van der Waals surface area contributed by atoms with Gasteiger partial charge in [0.1, 0.15) is 24.8 Å². The zero-order valence-electron chi connectivity index (χ0n) is 16.8. The van der Waals surface area contributed by atoms with E-state index < -0.39 is 17.7 Å². The molecule has 3 heterocycles. The molecule has 156 valence electrons. The molecule has 9 nitrogen and oxygen atoms in total. The Bertz CT molecular complexity index is 952. The summed E-state index contributed by atoms with van der Waals surface area (Å²) < 4.78 is 5.66. The summed E-state index contributed by atoms with van der Waals surface area (Å²) in [6.07, 6.45) is 2.30. The Balaban J connectivity index is 1.26. The van der Waals surface area contributed by atoms with Crippen LogP contribution in [0.5, 0.6) is 5.88 Å². The number of ether oxygens (including phenoxy) is 1. The van der Waals surface area contributed by atoms with Crippen molar-refractivity contribution >= 4 is 23.5 Å². The van der Waals surface area contributed by atoms with Crippen LogP contribution >= 0.6 is 0 Å². The number of nitrogens with zero attached hydrogens (tertiary/aromatic N) is 4. The predicted octanol–water partition coefficient (Wildman–Crippen LogP) is 1.18. The molecule has 0 atom stereocenters. The lowest BCUT2D eigenvalue weighted by molar-refractivity contribution is -0.121. The van der Waals surface area contributed by atoms with Crippen LogP contribution < -0.4 is 15.0 Å². The summed E-state index contributed by atoms with van der Waals surface area (Å²) >= 11 is 0. The zero-order valence-corrected chi connectivity index (χ0v) is 16.8. The molecule has 2 aliphatic heterocycles. The lowest BCUT2D eigenvalue weighted by Crippen LogP contribution is -2.41. The topological polar surface area (TPSA) is 105 Å². The maximum atomic E-state index is 12.3. The first-order valence-electron chi connectivity index (χ1n) is 9.98. The van der Waals surface area contributed by atoms with E-state index in [2.05, 4.69) is 20.2 Å². The number of nitrogens with one attached hydrogen (secondary N) is 1. The van der Waals surface area contributed by atoms with Crippen LogP contribution in [-0.4, -0.2) is 65.4 Å². The van der Waals surface area contributed by atoms with Crippen molar-refractivity contribution in [3.63, 3.8) is 0 Å². The van der Waals surface area contributed by atoms with Gasteiger partial charge in [0.15, 0.2) is 0 Å². The van der Waals surface area contributed by atoms with Crippen LogP contribution in [0, 0.1) is 6.92 Å². The molecule has 0 spiro atoms. The lowest BCUT2D eigenvalue weighted by atomic mass is 10.1. The molecular weight excluding hydrogens is 386 g/mol. The summed E-state index contributed by atoms with van der Waals surface area (Å²) in [5, 5.41) is 2.67. The molecule has 0 saturated carbocycles. The van der Waals surface area contributed by atoms with Crippen LogP contribution in [0.25, 0.3) is 0 Å². The Hall–Kier alpha value is -3.49. The Kier molecular flexibility index (Phi) is 5.60. The quantitative estimate of drug-likeness (QED) is 0.541. The van der Waals surface area contributed by atoms with E-state index >= 15 is 0 Å². The van der Waals surface area contributed by atoms with Gasteiger partial charge < -0.3 is 15.0 Å². The van der Waals surface area contributed by atoms with E-state index in [1.165, 1.54) is 0 Å². The van der Waals surface area contributed by atoms with E-state index in [0.717, 1.165) is 36.6 Å². The third-order valence-corrected chi connectivity index (χ3v) is 5.09. The summed E-state index contributed by atoms with van der Waals surface area (Å²) in [4.78, 5) is 48.7. The number of aromatic nitrogens is 2. The average Bonchev–Trinajstić information content (AvgIpc) is 3.35. The molecule has 2 aromatic rings. The van der Waals surface area contributed by atoms with Crippen LogP contribution in [0.15, 0.2) is 30.3 Å². The molecule has 1 aromatic carbocycles. The van der Waals surface area contributed by atoms with Crippen molar-refractivity contribution in [1.82, 2.24) is 20.2 Å². The highest BCUT2D eigenvalue weighted by molar-refractivity contribution is 6.22. The summed E-state index contributed by atoms with van der Waals surface area (Å²) in [5.74, 6) is 0.609. The van der Waals surface area contributed by atoms with Crippen molar-refractivity contribution in [2.24, 2.45) is 0 Å². The van der Waals surface area contributed by atoms with Gasteiger partial charge >= 0.3 is 0 Å².